The van der Waals surface area contributed by atoms with Crippen LogP contribution in [0.3, 0.4) is 0 Å². The van der Waals surface area contributed by atoms with Crippen LogP contribution in [-0.2, 0) is 4.79 Å². The van der Waals surface area contributed by atoms with Gasteiger partial charge in [0.2, 0.25) is 0 Å². The molecular formula is C25H43NO2. The highest BCUT2D eigenvalue weighted by atomic mass is 16.5. The molecule has 28 heavy (non-hydrogen) atoms. The topological polar surface area (TPSA) is 38.7 Å². The number of carbonyl (C=O) groups excluding carboxylic acids is 1. The molecule has 0 saturated carbocycles. The Bertz CT molecular complexity index is 581. The van der Waals surface area contributed by atoms with E-state index in [-0.39, 0.29) is 5.78 Å². The van der Waals surface area contributed by atoms with Gasteiger partial charge in [0.05, 0.1) is 12.3 Å². The smallest absolute Gasteiger partial charge is 0.173 e. The predicted octanol–water partition coefficient (Wildman–Crippen LogP) is 7.89. The van der Waals surface area contributed by atoms with Gasteiger partial charge in [-0.15, -0.1) is 0 Å². The molecule has 0 unspecified atom stereocenters. The van der Waals surface area contributed by atoms with E-state index in [1.54, 1.807) is 6.92 Å². The molecule has 0 heterocycles. The SMILES string of the molecule is CCC.CCCCC.CCCOc1ccc(/C(C)=C(\C)N=C(C)C(C)=O)cc1. The lowest BCUT2D eigenvalue weighted by Crippen LogP contribution is -2.04. The van der Waals surface area contributed by atoms with Crippen LogP contribution >= 0.6 is 0 Å². The first-order chi connectivity index (χ1) is 13.3. The minimum atomic E-state index is 0.000429. The number of carbonyl (C=O) groups is 1. The highest BCUT2D eigenvalue weighted by Gasteiger charge is 2.03. The first-order valence-electron chi connectivity index (χ1n) is 10.8. The summed E-state index contributed by atoms with van der Waals surface area (Å²) in [5, 5.41) is 0. The first-order valence-corrected chi connectivity index (χ1v) is 10.8. The van der Waals surface area contributed by atoms with Crippen molar-refractivity contribution in [2.45, 2.75) is 94.4 Å². The van der Waals surface area contributed by atoms with Gasteiger partial charge in [-0.05, 0) is 50.5 Å². The molecule has 0 spiro atoms. The molecule has 0 radical (unpaired) electrons. The molecule has 0 aromatic heterocycles. The van der Waals surface area contributed by atoms with Crippen molar-refractivity contribution >= 4 is 17.1 Å². The van der Waals surface area contributed by atoms with Crippen LogP contribution in [0.1, 0.15) is 100.0 Å². The fraction of sp³-hybridized carbons (Fsp3) is 0.600. The van der Waals surface area contributed by atoms with Crippen LogP contribution in [0, 0.1) is 0 Å². The van der Waals surface area contributed by atoms with Gasteiger partial charge in [0, 0.05) is 12.6 Å². The lowest BCUT2D eigenvalue weighted by molar-refractivity contribution is -0.111. The molecule has 3 heteroatoms. The van der Waals surface area contributed by atoms with Crippen LogP contribution in [0.4, 0.5) is 0 Å². The molecule has 0 saturated heterocycles. The maximum Gasteiger partial charge on any atom is 0.173 e. The zero-order chi connectivity index (χ0) is 21.9. The van der Waals surface area contributed by atoms with Crippen molar-refractivity contribution in [2.75, 3.05) is 6.61 Å². The number of aliphatic imine (C=N–C) groups is 1. The number of benzene rings is 1. The van der Waals surface area contributed by atoms with Crippen molar-refractivity contribution in [3.8, 4) is 5.75 Å². The molecule has 0 fully saturated rings. The fourth-order valence-electron chi connectivity index (χ4n) is 2.00. The lowest BCUT2D eigenvalue weighted by atomic mass is 10.1. The number of unbranched alkanes of at least 4 members (excludes halogenated alkanes) is 2. The highest BCUT2D eigenvalue weighted by molar-refractivity contribution is 6.38. The maximum atomic E-state index is 11.2. The summed E-state index contributed by atoms with van der Waals surface area (Å²) in [6.45, 7) is 18.7. The van der Waals surface area contributed by atoms with Crippen molar-refractivity contribution in [1.82, 2.24) is 0 Å². The first kappa shape index (κ1) is 28.3. The lowest BCUT2D eigenvalue weighted by Gasteiger charge is -2.08. The second-order valence-electron chi connectivity index (χ2n) is 6.90. The van der Waals surface area contributed by atoms with E-state index in [4.69, 9.17) is 4.74 Å². The maximum absolute atomic E-state index is 11.2. The number of Topliss-reactive ketones (excluding diaryl/α,β-unsaturated/α-hetero) is 1. The third-order valence-corrected chi connectivity index (χ3v) is 3.85. The van der Waals surface area contributed by atoms with Gasteiger partial charge in [-0.2, -0.15) is 0 Å². The van der Waals surface area contributed by atoms with E-state index < -0.39 is 0 Å². The Labute approximate surface area is 174 Å². The Morgan fingerprint density at radius 1 is 0.857 bits per heavy atom. The monoisotopic (exact) mass is 389 g/mol. The van der Waals surface area contributed by atoms with E-state index in [2.05, 4.69) is 39.6 Å². The standard InChI is InChI=1S/C17H23NO2.C5H12.C3H8/c1-6-11-20-17-9-7-16(8-10-17)12(2)13(3)18-14(4)15(5)19;1-3-5-4-2;1-3-2/h7-10H,6,11H2,1-5H3;3-5H2,1-2H3;3H2,1-2H3/b13-12+,18-14?;;. The summed E-state index contributed by atoms with van der Waals surface area (Å²) in [6, 6.07) is 7.96. The van der Waals surface area contributed by atoms with Gasteiger partial charge in [0.25, 0.3) is 0 Å². The number of ether oxygens (including phenoxy) is 1. The Balaban J connectivity index is 0. The summed E-state index contributed by atoms with van der Waals surface area (Å²) < 4.78 is 5.56. The Morgan fingerprint density at radius 2 is 1.36 bits per heavy atom. The van der Waals surface area contributed by atoms with Crippen LogP contribution in [0.15, 0.2) is 35.0 Å². The predicted molar refractivity (Wildman–Crippen MR) is 125 cm³/mol. The van der Waals surface area contributed by atoms with Crippen LogP contribution in [0.5, 0.6) is 5.75 Å². The number of nitrogens with zero attached hydrogens (tertiary/aromatic N) is 1. The van der Waals surface area contributed by atoms with Crippen molar-refractivity contribution < 1.29 is 9.53 Å². The average molecular weight is 390 g/mol. The van der Waals surface area contributed by atoms with Gasteiger partial charge >= 0.3 is 0 Å². The fourth-order valence-corrected chi connectivity index (χ4v) is 2.00. The number of hydrogen-bond donors (Lipinski definition) is 0. The third kappa shape index (κ3) is 14.2. The van der Waals surface area contributed by atoms with Crippen molar-refractivity contribution in [2.24, 2.45) is 4.99 Å². The molecule has 0 aliphatic carbocycles. The minimum Gasteiger partial charge on any atom is -0.494 e. The summed E-state index contributed by atoms with van der Waals surface area (Å²) >= 11 is 0. The van der Waals surface area contributed by atoms with Gasteiger partial charge in [-0.1, -0.05) is 72.4 Å². The number of ketones is 1. The summed E-state index contributed by atoms with van der Waals surface area (Å²) in [4.78, 5) is 15.6. The molecule has 0 atom stereocenters. The average Bonchev–Trinajstić information content (AvgIpc) is 2.67. The molecule has 0 N–H and O–H groups in total. The molecule has 1 aromatic carbocycles. The third-order valence-electron chi connectivity index (χ3n) is 3.85. The normalized spacial score (nSPS) is 11.4. The summed E-state index contributed by atoms with van der Waals surface area (Å²) in [7, 11) is 0. The van der Waals surface area contributed by atoms with E-state index in [1.165, 1.54) is 32.6 Å². The molecular weight excluding hydrogens is 346 g/mol. The number of allylic oxidation sites excluding steroid dienone is 2. The van der Waals surface area contributed by atoms with E-state index in [9.17, 15) is 4.79 Å². The number of hydrogen-bond acceptors (Lipinski definition) is 3. The van der Waals surface area contributed by atoms with E-state index >= 15 is 0 Å². The van der Waals surface area contributed by atoms with Gasteiger partial charge < -0.3 is 4.74 Å². The highest BCUT2D eigenvalue weighted by Crippen LogP contribution is 2.22. The molecule has 0 amide bonds. The second kappa shape index (κ2) is 18.5. The van der Waals surface area contributed by atoms with Crippen molar-refractivity contribution in [3.63, 3.8) is 0 Å². The van der Waals surface area contributed by atoms with E-state index in [1.807, 2.05) is 38.1 Å². The summed E-state index contributed by atoms with van der Waals surface area (Å²) in [5.74, 6) is 0.880. The van der Waals surface area contributed by atoms with Crippen LogP contribution in [0.25, 0.3) is 5.57 Å². The van der Waals surface area contributed by atoms with Crippen LogP contribution < -0.4 is 4.74 Å². The Morgan fingerprint density at radius 3 is 1.71 bits per heavy atom. The molecule has 0 aliphatic heterocycles. The van der Waals surface area contributed by atoms with E-state index in [0.29, 0.717) is 5.71 Å². The van der Waals surface area contributed by atoms with Gasteiger partial charge in [-0.25, -0.2) is 0 Å². The van der Waals surface area contributed by atoms with Gasteiger partial charge in [0.15, 0.2) is 5.78 Å². The quantitative estimate of drug-likeness (QED) is 0.424. The van der Waals surface area contributed by atoms with Gasteiger partial charge in [-0.3, -0.25) is 9.79 Å². The molecule has 0 bridgehead atoms. The van der Waals surface area contributed by atoms with Crippen molar-refractivity contribution in [3.05, 3.63) is 35.5 Å². The minimum absolute atomic E-state index is 0.000429. The zero-order valence-corrected chi connectivity index (χ0v) is 19.8. The second-order valence-corrected chi connectivity index (χ2v) is 6.90. The molecule has 160 valence electrons. The largest absolute Gasteiger partial charge is 0.494 e. The Kier molecular flexibility index (Phi) is 18.7. The van der Waals surface area contributed by atoms with E-state index in [0.717, 1.165) is 35.6 Å². The molecule has 3 nitrogen and oxygen atoms in total. The summed E-state index contributed by atoms with van der Waals surface area (Å²) in [5.41, 5.74) is 3.55. The van der Waals surface area contributed by atoms with Crippen molar-refractivity contribution in [1.29, 1.82) is 0 Å². The molecule has 1 aromatic rings. The Hall–Kier alpha value is -1.90. The summed E-state index contributed by atoms with van der Waals surface area (Å²) in [6.07, 6.45) is 6.33. The van der Waals surface area contributed by atoms with Crippen LogP contribution in [0.2, 0.25) is 0 Å². The number of rotatable bonds is 8. The zero-order valence-electron chi connectivity index (χ0n) is 19.8. The van der Waals surface area contributed by atoms with Crippen LogP contribution in [-0.4, -0.2) is 18.1 Å². The molecule has 1 rings (SSSR count). The van der Waals surface area contributed by atoms with Gasteiger partial charge in [0.1, 0.15) is 5.75 Å². The molecule has 0 aliphatic rings.